The average molecular weight is 355 g/mol. The van der Waals surface area contributed by atoms with E-state index in [1.165, 1.54) is 30.4 Å². The summed E-state index contributed by atoms with van der Waals surface area (Å²) in [6.07, 6.45) is 6.93. The second kappa shape index (κ2) is 8.02. The molecule has 1 aromatic heterocycles. The zero-order valence-corrected chi connectivity index (χ0v) is 16.1. The quantitative estimate of drug-likeness (QED) is 0.783. The zero-order valence-electron chi connectivity index (χ0n) is 16.1. The Hall–Kier alpha value is -2.17. The molecule has 0 radical (unpaired) electrons. The summed E-state index contributed by atoms with van der Waals surface area (Å²) < 4.78 is 1.46. The van der Waals surface area contributed by atoms with Crippen LogP contribution in [0.15, 0.2) is 29.1 Å². The fourth-order valence-electron chi connectivity index (χ4n) is 3.84. The smallest absolute Gasteiger partial charge is 0.274 e. The number of carbonyl (C=O) groups is 1. The number of hydrogen-bond donors (Lipinski definition) is 0. The molecule has 5 heteroatoms. The lowest BCUT2D eigenvalue weighted by Gasteiger charge is -2.27. The van der Waals surface area contributed by atoms with E-state index in [-0.39, 0.29) is 23.4 Å². The van der Waals surface area contributed by atoms with Gasteiger partial charge in [0.15, 0.2) is 5.69 Å². The predicted octanol–water partition coefficient (Wildman–Crippen LogP) is 3.85. The van der Waals surface area contributed by atoms with Crippen LogP contribution in [0.25, 0.3) is 10.8 Å². The lowest BCUT2D eigenvalue weighted by Crippen LogP contribution is -2.39. The molecule has 1 amide bonds. The van der Waals surface area contributed by atoms with Gasteiger partial charge in [0.2, 0.25) is 0 Å². The molecule has 26 heavy (non-hydrogen) atoms. The van der Waals surface area contributed by atoms with Gasteiger partial charge in [-0.3, -0.25) is 9.59 Å². The third-order valence-electron chi connectivity index (χ3n) is 5.30. The summed E-state index contributed by atoms with van der Waals surface area (Å²) in [4.78, 5) is 27.9. The SMILES string of the molecule is CC(C)Cn1nc(C(=O)N(C)C2CCCCCC2)c2ccccc2c1=O. The van der Waals surface area contributed by atoms with Gasteiger partial charge >= 0.3 is 0 Å². The van der Waals surface area contributed by atoms with E-state index < -0.39 is 0 Å². The van der Waals surface area contributed by atoms with E-state index in [2.05, 4.69) is 5.10 Å². The van der Waals surface area contributed by atoms with Crippen LogP contribution in [0.1, 0.15) is 62.9 Å². The molecule has 0 bridgehead atoms. The molecule has 3 rings (SSSR count). The molecule has 1 aliphatic rings. The van der Waals surface area contributed by atoms with Gasteiger partial charge in [-0.05, 0) is 24.8 Å². The summed E-state index contributed by atoms with van der Waals surface area (Å²) in [7, 11) is 1.88. The van der Waals surface area contributed by atoms with Crippen molar-refractivity contribution in [3.05, 3.63) is 40.3 Å². The lowest BCUT2D eigenvalue weighted by molar-refractivity contribution is 0.0711. The highest BCUT2D eigenvalue weighted by Gasteiger charge is 2.25. The Balaban J connectivity index is 2.03. The van der Waals surface area contributed by atoms with Crippen molar-refractivity contribution in [2.45, 2.75) is 65.0 Å². The Labute approximate surface area is 155 Å². The molecule has 1 saturated carbocycles. The fraction of sp³-hybridized carbons (Fsp3) is 0.571. The van der Waals surface area contributed by atoms with Gasteiger partial charge in [-0.25, -0.2) is 4.68 Å². The van der Waals surface area contributed by atoms with Gasteiger partial charge in [-0.1, -0.05) is 57.7 Å². The van der Waals surface area contributed by atoms with E-state index >= 15 is 0 Å². The first-order valence-corrected chi connectivity index (χ1v) is 9.76. The first-order chi connectivity index (χ1) is 12.5. The van der Waals surface area contributed by atoms with Crippen LogP contribution in [0, 0.1) is 5.92 Å². The maximum Gasteiger partial charge on any atom is 0.274 e. The molecule has 1 aromatic carbocycles. The van der Waals surface area contributed by atoms with Crippen molar-refractivity contribution >= 4 is 16.7 Å². The molecular weight excluding hydrogens is 326 g/mol. The molecule has 2 aromatic rings. The van der Waals surface area contributed by atoms with Crippen molar-refractivity contribution in [3.8, 4) is 0 Å². The van der Waals surface area contributed by atoms with E-state index in [0.29, 0.717) is 23.0 Å². The monoisotopic (exact) mass is 355 g/mol. The number of rotatable bonds is 4. The minimum Gasteiger partial charge on any atom is -0.337 e. The standard InChI is InChI=1S/C21H29N3O2/c1-15(2)14-24-20(25)18-13-9-8-12-17(18)19(22-24)21(26)23(3)16-10-6-4-5-7-11-16/h8-9,12-13,15-16H,4-7,10-11,14H2,1-3H3. The second-order valence-electron chi connectivity index (χ2n) is 7.84. The highest BCUT2D eigenvalue weighted by Crippen LogP contribution is 2.23. The molecule has 1 aliphatic carbocycles. The topological polar surface area (TPSA) is 55.2 Å². The Morgan fingerprint density at radius 3 is 2.38 bits per heavy atom. The predicted molar refractivity (Wildman–Crippen MR) is 104 cm³/mol. The largest absolute Gasteiger partial charge is 0.337 e. The molecule has 1 fully saturated rings. The Kier molecular flexibility index (Phi) is 5.74. The lowest BCUT2D eigenvalue weighted by atomic mass is 10.1. The number of benzene rings is 1. The van der Waals surface area contributed by atoms with Crippen LogP contribution in [0.3, 0.4) is 0 Å². The number of aromatic nitrogens is 2. The molecule has 0 atom stereocenters. The van der Waals surface area contributed by atoms with Crippen molar-refractivity contribution in [3.63, 3.8) is 0 Å². The van der Waals surface area contributed by atoms with Crippen molar-refractivity contribution in [2.75, 3.05) is 7.05 Å². The van der Waals surface area contributed by atoms with Gasteiger partial charge in [-0.2, -0.15) is 5.10 Å². The molecule has 1 heterocycles. The minimum absolute atomic E-state index is 0.0781. The van der Waals surface area contributed by atoms with Crippen LogP contribution in [-0.4, -0.2) is 33.7 Å². The highest BCUT2D eigenvalue weighted by atomic mass is 16.2. The van der Waals surface area contributed by atoms with Crippen molar-refractivity contribution in [1.29, 1.82) is 0 Å². The van der Waals surface area contributed by atoms with Crippen molar-refractivity contribution in [2.24, 2.45) is 5.92 Å². The van der Waals surface area contributed by atoms with Gasteiger partial charge in [0, 0.05) is 25.0 Å². The highest BCUT2D eigenvalue weighted by molar-refractivity contribution is 6.04. The molecule has 0 N–H and O–H groups in total. The zero-order chi connectivity index (χ0) is 18.7. The Bertz CT molecular complexity index is 833. The van der Waals surface area contributed by atoms with Gasteiger partial charge in [0.1, 0.15) is 0 Å². The van der Waals surface area contributed by atoms with E-state index in [1.807, 2.05) is 44.0 Å². The fourth-order valence-corrected chi connectivity index (χ4v) is 3.84. The molecule has 140 valence electrons. The van der Waals surface area contributed by atoms with Crippen molar-refractivity contribution < 1.29 is 4.79 Å². The van der Waals surface area contributed by atoms with Crippen molar-refractivity contribution in [1.82, 2.24) is 14.7 Å². The van der Waals surface area contributed by atoms with E-state index in [0.717, 1.165) is 12.8 Å². The summed E-state index contributed by atoms with van der Waals surface area (Å²) in [5.41, 5.74) is 0.274. The molecule has 0 spiro atoms. The Morgan fingerprint density at radius 1 is 1.15 bits per heavy atom. The Morgan fingerprint density at radius 2 is 1.77 bits per heavy atom. The maximum atomic E-state index is 13.3. The third-order valence-corrected chi connectivity index (χ3v) is 5.30. The van der Waals surface area contributed by atoms with Gasteiger partial charge in [0.25, 0.3) is 11.5 Å². The maximum absolute atomic E-state index is 13.3. The van der Waals surface area contributed by atoms with Gasteiger partial charge in [-0.15, -0.1) is 0 Å². The van der Waals surface area contributed by atoms with Crippen LogP contribution < -0.4 is 5.56 Å². The second-order valence-corrected chi connectivity index (χ2v) is 7.84. The average Bonchev–Trinajstić information content (AvgIpc) is 2.92. The number of nitrogens with zero attached hydrogens (tertiary/aromatic N) is 3. The van der Waals surface area contributed by atoms with Gasteiger partial charge in [0.05, 0.1) is 5.39 Å². The van der Waals surface area contributed by atoms with Crippen LogP contribution in [0.4, 0.5) is 0 Å². The van der Waals surface area contributed by atoms with E-state index in [4.69, 9.17) is 0 Å². The number of carbonyl (C=O) groups excluding carboxylic acids is 1. The molecule has 0 unspecified atom stereocenters. The first kappa shape index (κ1) is 18.6. The van der Waals surface area contributed by atoms with E-state index in [1.54, 1.807) is 6.07 Å². The summed E-state index contributed by atoms with van der Waals surface area (Å²) in [6, 6.07) is 7.58. The number of amides is 1. The van der Waals surface area contributed by atoms with E-state index in [9.17, 15) is 9.59 Å². The first-order valence-electron chi connectivity index (χ1n) is 9.76. The summed E-state index contributed by atoms with van der Waals surface area (Å²) >= 11 is 0. The van der Waals surface area contributed by atoms with Crippen LogP contribution in [0.2, 0.25) is 0 Å². The van der Waals surface area contributed by atoms with Crippen LogP contribution in [-0.2, 0) is 6.54 Å². The molecule has 5 nitrogen and oxygen atoms in total. The van der Waals surface area contributed by atoms with Crippen LogP contribution >= 0.6 is 0 Å². The number of hydrogen-bond acceptors (Lipinski definition) is 3. The van der Waals surface area contributed by atoms with Gasteiger partial charge < -0.3 is 4.90 Å². The third kappa shape index (κ3) is 3.81. The molecule has 0 aliphatic heterocycles. The van der Waals surface area contributed by atoms with Crippen LogP contribution in [0.5, 0.6) is 0 Å². The number of fused-ring (bicyclic) bond motifs is 1. The summed E-state index contributed by atoms with van der Waals surface area (Å²) in [5.74, 6) is 0.203. The minimum atomic E-state index is -0.122. The molecular formula is C21H29N3O2. The summed E-state index contributed by atoms with van der Waals surface area (Å²) in [5, 5.41) is 5.72. The normalized spacial score (nSPS) is 16.0. The summed E-state index contributed by atoms with van der Waals surface area (Å²) in [6.45, 7) is 4.60. The molecule has 0 saturated heterocycles.